The number of aliphatic hydroxyl groups is 1. The van der Waals surface area contributed by atoms with E-state index in [-0.39, 0.29) is 50.3 Å². The van der Waals surface area contributed by atoms with Crippen LogP contribution in [0.1, 0.15) is 19.3 Å². The molecule has 0 radical (unpaired) electrons. The number of nitrogens with zero attached hydrogens (tertiary/aromatic N) is 1. The van der Waals surface area contributed by atoms with E-state index in [0.717, 1.165) is 0 Å². The van der Waals surface area contributed by atoms with E-state index in [1.54, 1.807) is 23.1 Å². The van der Waals surface area contributed by atoms with Crippen LogP contribution in [-0.4, -0.2) is 80.3 Å². The molecule has 9 nitrogen and oxygen atoms in total. The number of methoxy groups -OCH3 is 2. The molecule has 0 spiro atoms. The number of benzene rings is 1. The molecule has 0 saturated carbocycles. The fourth-order valence-corrected chi connectivity index (χ4v) is 3.78. The molecule has 0 unspecified atom stereocenters. The second kappa shape index (κ2) is 9.91. The number of amides is 2. The van der Waals surface area contributed by atoms with E-state index in [1.807, 2.05) is 6.07 Å². The number of carbonyl (C=O) groups excluding carboxylic acids is 2. The zero-order chi connectivity index (χ0) is 20.8. The Bertz CT molecular complexity index is 714. The summed E-state index contributed by atoms with van der Waals surface area (Å²) in [6, 6.07) is 6.50. The summed E-state index contributed by atoms with van der Waals surface area (Å²) in [5.41, 5.74) is 0.546. The molecule has 0 bridgehead atoms. The fraction of sp³-hybridized carbons (Fsp3) is 0.600. The van der Waals surface area contributed by atoms with Crippen molar-refractivity contribution in [1.82, 2.24) is 4.90 Å². The van der Waals surface area contributed by atoms with Crippen molar-refractivity contribution in [2.45, 2.75) is 43.6 Å². The minimum absolute atomic E-state index is 0.104. The summed E-state index contributed by atoms with van der Waals surface area (Å²) in [5, 5.41) is 13.1. The molecule has 2 saturated heterocycles. The van der Waals surface area contributed by atoms with E-state index >= 15 is 0 Å². The van der Waals surface area contributed by atoms with Crippen LogP contribution >= 0.6 is 0 Å². The van der Waals surface area contributed by atoms with E-state index in [2.05, 4.69) is 5.32 Å². The number of urea groups is 1. The van der Waals surface area contributed by atoms with Gasteiger partial charge in [-0.15, -0.1) is 0 Å². The number of aliphatic hydroxyl groups excluding tert-OH is 1. The second-order valence-corrected chi connectivity index (χ2v) is 7.20. The van der Waals surface area contributed by atoms with Gasteiger partial charge in [-0.1, -0.05) is 12.1 Å². The minimum atomic E-state index is -0.799. The number of hydrogen-bond donors (Lipinski definition) is 2. The second-order valence-electron chi connectivity index (χ2n) is 7.20. The molecule has 2 fully saturated rings. The average Bonchev–Trinajstić information content (AvgIpc) is 2.71. The SMILES string of the molecule is COC(=O)C[C@H]1CC[C@@H]2[C@H](COC[C@@H](O)CN2C(=O)Nc2ccccc2OC)O1. The van der Waals surface area contributed by atoms with Crippen LogP contribution in [0, 0.1) is 0 Å². The molecule has 2 heterocycles. The summed E-state index contributed by atoms with van der Waals surface area (Å²) < 4.78 is 21.6. The van der Waals surface area contributed by atoms with E-state index in [4.69, 9.17) is 18.9 Å². The monoisotopic (exact) mass is 408 g/mol. The molecule has 9 heteroatoms. The van der Waals surface area contributed by atoms with Crippen LogP contribution in [0.4, 0.5) is 10.5 Å². The molecule has 4 atom stereocenters. The van der Waals surface area contributed by atoms with Crippen molar-refractivity contribution in [3.05, 3.63) is 24.3 Å². The van der Waals surface area contributed by atoms with Crippen molar-refractivity contribution in [1.29, 1.82) is 0 Å². The standard InChI is InChI=1S/C20H28N2O7/c1-26-17-6-4-3-5-15(17)21-20(25)22-10-13(23)11-28-12-18-16(22)8-7-14(29-18)9-19(24)27-2/h3-6,13-14,16,18,23H,7-12H2,1-2H3,(H,21,25)/t13-,14+,16+,18-/m0/s1. The highest BCUT2D eigenvalue weighted by Crippen LogP contribution is 2.29. The normalized spacial score (nSPS) is 27.2. The molecular formula is C20H28N2O7. The maximum Gasteiger partial charge on any atom is 0.322 e. The summed E-state index contributed by atoms with van der Waals surface area (Å²) >= 11 is 0. The summed E-state index contributed by atoms with van der Waals surface area (Å²) in [7, 11) is 2.88. The smallest absolute Gasteiger partial charge is 0.322 e. The number of nitrogens with one attached hydrogen (secondary N) is 1. The Balaban J connectivity index is 1.74. The van der Waals surface area contributed by atoms with E-state index in [9.17, 15) is 14.7 Å². The lowest BCUT2D eigenvalue weighted by molar-refractivity contribution is -0.159. The van der Waals surface area contributed by atoms with Crippen molar-refractivity contribution in [2.75, 3.05) is 39.3 Å². The molecule has 2 N–H and O–H groups in total. The number of β-amino-alcohol motifs (C(OH)–C–C–N with tert-alkyl or cyclic N) is 1. The Morgan fingerprint density at radius 2 is 2.03 bits per heavy atom. The number of anilines is 1. The van der Waals surface area contributed by atoms with Gasteiger partial charge in [0, 0.05) is 0 Å². The molecule has 3 rings (SSSR count). The van der Waals surface area contributed by atoms with Gasteiger partial charge in [0.2, 0.25) is 0 Å². The number of rotatable bonds is 4. The van der Waals surface area contributed by atoms with Crippen molar-refractivity contribution in [3.63, 3.8) is 0 Å². The van der Waals surface area contributed by atoms with Crippen LogP contribution in [0.15, 0.2) is 24.3 Å². The fourth-order valence-electron chi connectivity index (χ4n) is 3.78. The molecule has 0 aromatic heterocycles. The summed E-state index contributed by atoms with van der Waals surface area (Å²) in [6.45, 7) is 0.456. The average molecular weight is 408 g/mol. The Labute approximate surface area is 169 Å². The summed E-state index contributed by atoms with van der Waals surface area (Å²) in [4.78, 5) is 26.3. The van der Waals surface area contributed by atoms with Gasteiger partial charge in [0.05, 0.1) is 64.3 Å². The number of para-hydroxylation sites is 2. The number of esters is 1. The Hall–Kier alpha value is -2.36. The third-order valence-electron chi connectivity index (χ3n) is 5.21. The lowest BCUT2D eigenvalue weighted by Gasteiger charge is -2.44. The predicted octanol–water partition coefficient (Wildman–Crippen LogP) is 1.40. The first-order valence-corrected chi connectivity index (χ1v) is 9.70. The van der Waals surface area contributed by atoms with Gasteiger partial charge in [0.15, 0.2) is 0 Å². The summed E-state index contributed by atoms with van der Waals surface area (Å²) in [6.07, 6.45) is -0.0836. The molecule has 0 aliphatic carbocycles. The van der Waals surface area contributed by atoms with Crippen molar-refractivity contribution in [2.24, 2.45) is 0 Å². The highest BCUT2D eigenvalue weighted by molar-refractivity contribution is 5.91. The van der Waals surface area contributed by atoms with Gasteiger partial charge >= 0.3 is 12.0 Å². The van der Waals surface area contributed by atoms with E-state index in [1.165, 1.54) is 14.2 Å². The largest absolute Gasteiger partial charge is 0.495 e. The molecule has 2 amide bonds. The van der Waals surface area contributed by atoms with Crippen LogP contribution < -0.4 is 10.1 Å². The van der Waals surface area contributed by atoms with Crippen LogP contribution in [0.25, 0.3) is 0 Å². The number of ether oxygens (including phenoxy) is 4. The first kappa shape index (κ1) is 21.4. The number of carbonyl (C=O) groups is 2. The molecule has 1 aromatic carbocycles. The minimum Gasteiger partial charge on any atom is -0.495 e. The first-order valence-electron chi connectivity index (χ1n) is 9.70. The number of hydrogen-bond acceptors (Lipinski definition) is 7. The molecule has 29 heavy (non-hydrogen) atoms. The quantitative estimate of drug-likeness (QED) is 0.725. The van der Waals surface area contributed by atoms with E-state index < -0.39 is 12.2 Å². The van der Waals surface area contributed by atoms with Crippen molar-refractivity contribution >= 4 is 17.7 Å². The van der Waals surface area contributed by atoms with Crippen LogP contribution in [0.2, 0.25) is 0 Å². The Morgan fingerprint density at radius 3 is 2.79 bits per heavy atom. The van der Waals surface area contributed by atoms with Gasteiger partial charge in [-0.3, -0.25) is 4.79 Å². The van der Waals surface area contributed by atoms with Crippen molar-refractivity contribution in [3.8, 4) is 5.75 Å². The van der Waals surface area contributed by atoms with Crippen LogP contribution in [0.5, 0.6) is 5.75 Å². The van der Waals surface area contributed by atoms with Gasteiger partial charge in [-0.05, 0) is 25.0 Å². The van der Waals surface area contributed by atoms with Gasteiger partial charge in [-0.25, -0.2) is 4.79 Å². The third kappa shape index (κ3) is 5.37. The van der Waals surface area contributed by atoms with E-state index in [0.29, 0.717) is 24.3 Å². The summed E-state index contributed by atoms with van der Waals surface area (Å²) in [5.74, 6) is 0.216. The molecule has 1 aromatic rings. The predicted molar refractivity (Wildman–Crippen MR) is 104 cm³/mol. The zero-order valence-electron chi connectivity index (χ0n) is 16.7. The highest BCUT2D eigenvalue weighted by Gasteiger charge is 2.40. The first-order chi connectivity index (χ1) is 14.0. The Kier molecular flexibility index (Phi) is 7.29. The highest BCUT2D eigenvalue weighted by atomic mass is 16.6. The molecule has 2 aliphatic heterocycles. The van der Waals surface area contributed by atoms with Crippen LogP contribution in [0.3, 0.4) is 0 Å². The molecular weight excluding hydrogens is 380 g/mol. The topological polar surface area (TPSA) is 107 Å². The maximum absolute atomic E-state index is 13.1. The third-order valence-corrected chi connectivity index (χ3v) is 5.21. The lowest BCUT2D eigenvalue weighted by atomic mass is 9.95. The number of fused-ring (bicyclic) bond motifs is 1. The lowest BCUT2D eigenvalue weighted by Crippen LogP contribution is -2.58. The van der Waals surface area contributed by atoms with Gasteiger partial charge in [-0.2, -0.15) is 0 Å². The van der Waals surface area contributed by atoms with Crippen molar-refractivity contribution < 1.29 is 33.6 Å². The Morgan fingerprint density at radius 1 is 1.24 bits per heavy atom. The van der Waals surface area contributed by atoms with Crippen LogP contribution in [-0.2, 0) is 19.0 Å². The van der Waals surface area contributed by atoms with Gasteiger partial charge in [0.25, 0.3) is 0 Å². The maximum atomic E-state index is 13.1. The van der Waals surface area contributed by atoms with Gasteiger partial charge in [0.1, 0.15) is 11.9 Å². The molecule has 160 valence electrons. The molecule has 2 aliphatic rings. The van der Waals surface area contributed by atoms with Gasteiger partial charge < -0.3 is 34.3 Å². The zero-order valence-corrected chi connectivity index (χ0v) is 16.7.